The zero-order valence-electron chi connectivity index (χ0n) is 11.1. The van der Waals surface area contributed by atoms with Crippen molar-refractivity contribution in [2.24, 2.45) is 0 Å². The molecular weight excluding hydrogens is 527 g/mol. The molecule has 0 aromatic heterocycles. The molecule has 8 heteroatoms. The van der Waals surface area contributed by atoms with Gasteiger partial charge in [-0.25, -0.2) is 0 Å². The predicted octanol–water partition coefficient (Wildman–Crippen LogP) is -1.92. The Hall–Kier alpha value is -0.928. The van der Waals surface area contributed by atoms with E-state index in [2.05, 4.69) is 21.7 Å². The molecule has 1 aliphatic carbocycles. The van der Waals surface area contributed by atoms with E-state index >= 15 is 0 Å². The number of carboxylic acids is 3. The smallest absolute Gasteiger partial charge is 0.0383 e. The van der Waals surface area contributed by atoms with Gasteiger partial charge in [0.15, 0.2) is 0 Å². The van der Waals surface area contributed by atoms with E-state index in [-0.39, 0.29) is 27.3 Å². The molecule has 0 aromatic rings. The van der Waals surface area contributed by atoms with E-state index in [0.29, 0.717) is 0 Å². The van der Waals surface area contributed by atoms with Gasteiger partial charge in [-0.1, -0.05) is 15.9 Å². The summed E-state index contributed by atoms with van der Waals surface area (Å²) in [6.45, 7) is 2.92. The van der Waals surface area contributed by atoms with Gasteiger partial charge in [-0.2, -0.15) is 0 Å². The van der Waals surface area contributed by atoms with Gasteiger partial charge in [0.05, 0.1) is 0 Å². The van der Waals surface area contributed by atoms with Crippen molar-refractivity contribution < 1.29 is 29.7 Å². The predicted molar refractivity (Wildman–Crippen MR) is 71.8 cm³/mol. The molecule has 0 aromatic carbocycles. The van der Waals surface area contributed by atoms with Crippen molar-refractivity contribution in [3.8, 4) is 0 Å². The molecule has 1 aliphatic rings. The Balaban J connectivity index is -0.0000000881. The van der Waals surface area contributed by atoms with Crippen molar-refractivity contribution >= 4 is 61.1 Å². The molecule has 0 heterocycles. The summed E-state index contributed by atoms with van der Waals surface area (Å²) in [6.07, 6.45) is 7.62. The molecule has 6 nitrogen and oxygen atoms in total. The molecular formula is C12H13BrO6Pb-3. The SMILES string of the molecule is BrC1=CC=C=C[CH]1.CC(=O)[O-].CC(=O)[O-].CC(=O)[O-].[Pb]. The van der Waals surface area contributed by atoms with Crippen LogP contribution < -0.4 is 15.3 Å². The van der Waals surface area contributed by atoms with Crippen LogP contribution in [0.15, 0.2) is 28.4 Å². The second-order valence-electron chi connectivity index (χ2n) is 2.69. The van der Waals surface area contributed by atoms with Crippen molar-refractivity contribution in [3.63, 3.8) is 0 Å². The molecule has 0 saturated heterocycles. The van der Waals surface area contributed by atoms with Crippen molar-refractivity contribution in [1.29, 1.82) is 0 Å². The van der Waals surface area contributed by atoms with Gasteiger partial charge in [-0.3, -0.25) is 0 Å². The zero-order valence-corrected chi connectivity index (χ0v) is 16.6. The summed E-state index contributed by atoms with van der Waals surface area (Å²) in [5.41, 5.74) is 2.90. The van der Waals surface area contributed by atoms with Gasteiger partial charge in [0.25, 0.3) is 0 Å². The fourth-order valence-corrected chi connectivity index (χ4v) is 0.631. The summed E-state index contributed by atoms with van der Waals surface area (Å²) >= 11 is 3.29. The van der Waals surface area contributed by atoms with Crippen LogP contribution in [0.1, 0.15) is 20.8 Å². The average Bonchev–Trinajstić information content (AvgIpc) is 2.15. The van der Waals surface area contributed by atoms with Gasteiger partial charge < -0.3 is 29.7 Å². The first-order chi connectivity index (χ1) is 8.59. The quantitative estimate of drug-likeness (QED) is 0.261. The third-order valence-electron chi connectivity index (χ3n) is 0.678. The number of halogens is 1. The van der Waals surface area contributed by atoms with Gasteiger partial charge in [0.2, 0.25) is 0 Å². The van der Waals surface area contributed by atoms with E-state index in [9.17, 15) is 0 Å². The summed E-state index contributed by atoms with van der Waals surface area (Å²) < 4.78 is 1.10. The molecule has 0 aliphatic heterocycles. The van der Waals surface area contributed by atoms with Crippen molar-refractivity contribution in [1.82, 2.24) is 0 Å². The largest absolute Gasteiger partial charge is 0.550 e. The molecule has 0 amide bonds. The Kier molecular flexibility index (Phi) is 28.0. The Morgan fingerprint density at radius 1 is 0.950 bits per heavy atom. The summed E-state index contributed by atoms with van der Waals surface area (Å²) in [5.74, 6) is -3.25. The minimum atomic E-state index is -1.08. The summed E-state index contributed by atoms with van der Waals surface area (Å²) in [5, 5.41) is 26.7. The van der Waals surface area contributed by atoms with Crippen LogP contribution in [0, 0.1) is 6.42 Å². The topological polar surface area (TPSA) is 120 Å². The maximum atomic E-state index is 8.89. The van der Waals surface area contributed by atoms with E-state index in [0.717, 1.165) is 25.3 Å². The molecule has 20 heavy (non-hydrogen) atoms. The number of carboxylic acid groups (broad SMARTS) is 3. The van der Waals surface area contributed by atoms with Crippen molar-refractivity contribution in [2.75, 3.05) is 0 Å². The van der Waals surface area contributed by atoms with Crippen LogP contribution >= 0.6 is 15.9 Å². The van der Waals surface area contributed by atoms with Crippen LogP contribution in [0.25, 0.3) is 0 Å². The maximum absolute atomic E-state index is 8.89. The Labute approximate surface area is 146 Å². The Morgan fingerprint density at radius 2 is 1.25 bits per heavy atom. The second kappa shape index (κ2) is 20.4. The fraction of sp³-hybridized carbons (Fsp3) is 0.250. The second-order valence-corrected chi connectivity index (χ2v) is 3.61. The third-order valence-corrected chi connectivity index (χ3v) is 1.21. The first-order valence-electron chi connectivity index (χ1n) is 4.74. The van der Waals surface area contributed by atoms with Gasteiger partial charge in [0, 0.05) is 56.1 Å². The van der Waals surface area contributed by atoms with E-state index < -0.39 is 17.9 Å². The van der Waals surface area contributed by atoms with Gasteiger partial charge in [-0.15, -0.1) is 5.73 Å². The van der Waals surface area contributed by atoms with Crippen molar-refractivity contribution in [3.05, 3.63) is 34.9 Å². The summed E-state index contributed by atoms with van der Waals surface area (Å²) in [6, 6.07) is 0. The van der Waals surface area contributed by atoms with Crippen LogP contribution in [-0.2, 0) is 14.4 Å². The van der Waals surface area contributed by atoms with Crippen LogP contribution in [0.5, 0.6) is 0 Å². The number of allylic oxidation sites excluding steroid dienone is 3. The molecule has 0 bridgehead atoms. The maximum Gasteiger partial charge on any atom is 0.0383 e. The van der Waals surface area contributed by atoms with Crippen LogP contribution in [0.4, 0.5) is 0 Å². The Bertz CT molecular complexity index is 343. The molecule has 1 rings (SSSR count). The number of hydrogen-bond donors (Lipinski definition) is 0. The molecule has 0 spiro atoms. The van der Waals surface area contributed by atoms with E-state index in [1.807, 2.05) is 24.6 Å². The number of aliphatic carboxylic acids is 3. The zero-order chi connectivity index (χ0) is 15.8. The van der Waals surface area contributed by atoms with E-state index in [1.54, 1.807) is 0 Å². The molecule has 5 radical (unpaired) electrons. The number of carbonyl (C=O) groups excluding carboxylic acids is 3. The third kappa shape index (κ3) is 88.2. The summed E-state index contributed by atoms with van der Waals surface area (Å²) in [4.78, 5) is 26.7. The van der Waals surface area contributed by atoms with Crippen molar-refractivity contribution in [2.45, 2.75) is 20.8 Å². The minimum absolute atomic E-state index is 0. The molecule has 0 fully saturated rings. The molecule has 0 unspecified atom stereocenters. The van der Waals surface area contributed by atoms with Gasteiger partial charge >= 0.3 is 0 Å². The molecule has 111 valence electrons. The van der Waals surface area contributed by atoms with Crippen LogP contribution in [-0.4, -0.2) is 45.2 Å². The normalized spacial score (nSPS) is 9.70. The van der Waals surface area contributed by atoms with Crippen LogP contribution in [0.3, 0.4) is 0 Å². The molecule has 0 saturated carbocycles. The fourth-order valence-electron chi connectivity index (χ4n) is 0.367. The number of hydrogen-bond acceptors (Lipinski definition) is 6. The Morgan fingerprint density at radius 3 is 1.35 bits per heavy atom. The van der Waals surface area contributed by atoms with E-state index in [4.69, 9.17) is 29.7 Å². The first kappa shape index (κ1) is 27.4. The number of carbonyl (C=O) groups is 3. The van der Waals surface area contributed by atoms with Gasteiger partial charge in [-0.05, 0) is 39.0 Å². The molecule has 0 atom stereocenters. The number of rotatable bonds is 0. The minimum Gasteiger partial charge on any atom is -0.550 e. The van der Waals surface area contributed by atoms with E-state index in [1.165, 1.54) is 0 Å². The molecule has 0 N–H and O–H groups in total. The van der Waals surface area contributed by atoms with Crippen LogP contribution in [0.2, 0.25) is 0 Å². The summed E-state index contributed by atoms with van der Waals surface area (Å²) in [7, 11) is 0. The standard InChI is InChI=1S/C6H4Br.3C2H4O2.Pb/c7-6-4-2-1-3-5-6;3*1-2(3)4;/h2-5H;3*1H3,(H,3,4);/p-3. The average molecular weight is 540 g/mol. The first-order valence-corrected chi connectivity index (χ1v) is 5.53. The monoisotopic (exact) mass is 540 g/mol. The van der Waals surface area contributed by atoms with Gasteiger partial charge in [0.1, 0.15) is 0 Å².